The van der Waals surface area contributed by atoms with Crippen molar-refractivity contribution in [3.05, 3.63) is 34.9 Å². The number of hydrogen-bond acceptors (Lipinski definition) is 3. The third kappa shape index (κ3) is 2.74. The summed E-state index contributed by atoms with van der Waals surface area (Å²) in [5.41, 5.74) is 0. The first-order valence-electron chi connectivity index (χ1n) is 6.69. The van der Waals surface area contributed by atoms with Crippen molar-refractivity contribution in [2.45, 2.75) is 25.4 Å². The number of nitrogens with one attached hydrogen (secondary N) is 1. The molecule has 0 saturated heterocycles. The Kier molecular flexibility index (Phi) is 3.71. The summed E-state index contributed by atoms with van der Waals surface area (Å²) in [5.74, 6) is 1.49. The molecule has 19 heavy (non-hydrogen) atoms. The van der Waals surface area contributed by atoms with Gasteiger partial charge in [0.2, 0.25) is 0 Å². The van der Waals surface area contributed by atoms with Gasteiger partial charge in [-0.3, -0.25) is 0 Å². The molecule has 0 aliphatic heterocycles. The van der Waals surface area contributed by atoms with Gasteiger partial charge in [0.25, 0.3) is 0 Å². The predicted molar refractivity (Wildman–Crippen MR) is 81.3 cm³/mol. The lowest BCUT2D eigenvalue weighted by molar-refractivity contribution is 0.178. The number of aromatic nitrogens is 1. The molecule has 2 atom stereocenters. The monoisotopic (exact) mass is 320 g/mol. The zero-order valence-corrected chi connectivity index (χ0v) is 12.2. The molecule has 1 heterocycles. The standard InChI is InChI=1S/C15H17BrN2O/c16-14-3-1-2-13-12(14)6-7-17-15(13)18-9-10-4-5-11(19)8-10/h1-3,6-7,10-11,19H,4-5,8-9H2,(H,17,18). The summed E-state index contributed by atoms with van der Waals surface area (Å²) in [6.45, 7) is 0.885. The maximum Gasteiger partial charge on any atom is 0.133 e. The lowest BCUT2D eigenvalue weighted by atomic mass is 10.1. The number of halogens is 1. The molecular weight excluding hydrogens is 304 g/mol. The van der Waals surface area contributed by atoms with E-state index in [4.69, 9.17) is 0 Å². The molecule has 3 nitrogen and oxygen atoms in total. The second kappa shape index (κ2) is 5.47. The summed E-state index contributed by atoms with van der Waals surface area (Å²) < 4.78 is 1.09. The number of benzene rings is 1. The lowest BCUT2D eigenvalue weighted by Gasteiger charge is -2.13. The first-order valence-corrected chi connectivity index (χ1v) is 7.48. The quantitative estimate of drug-likeness (QED) is 0.908. The van der Waals surface area contributed by atoms with Crippen LogP contribution in [0.2, 0.25) is 0 Å². The van der Waals surface area contributed by atoms with Crippen LogP contribution in [0.25, 0.3) is 10.8 Å². The van der Waals surface area contributed by atoms with Crippen molar-refractivity contribution in [1.82, 2.24) is 4.98 Å². The van der Waals surface area contributed by atoms with E-state index in [1.807, 2.05) is 24.4 Å². The second-order valence-corrected chi connectivity index (χ2v) is 6.06. The fourth-order valence-corrected chi connectivity index (χ4v) is 3.28. The molecule has 4 heteroatoms. The van der Waals surface area contributed by atoms with Gasteiger partial charge < -0.3 is 10.4 Å². The SMILES string of the molecule is OC1CCC(CNc2nccc3c(Br)cccc23)C1. The average Bonchev–Trinajstić information content (AvgIpc) is 2.83. The first kappa shape index (κ1) is 12.9. The van der Waals surface area contributed by atoms with E-state index in [1.165, 1.54) is 5.39 Å². The number of rotatable bonds is 3. The molecule has 2 N–H and O–H groups in total. The molecule has 2 aromatic rings. The van der Waals surface area contributed by atoms with Gasteiger partial charge in [-0.15, -0.1) is 0 Å². The Morgan fingerprint density at radius 3 is 2.95 bits per heavy atom. The van der Waals surface area contributed by atoms with Gasteiger partial charge >= 0.3 is 0 Å². The Hall–Kier alpha value is -1.13. The van der Waals surface area contributed by atoms with Crippen LogP contribution in [0.15, 0.2) is 34.9 Å². The smallest absolute Gasteiger partial charge is 0.133 e. The van der Waals surface area contributed by atoms with Crippen LogP contribution in [0.3, 0.4) is 0 Å². The molecule has 1 aromatic heterocycles. The fraction of sp³-hybridized carbons (Fsp3) is 0.400. The Labute approximate surface area is 121 Å². The van der Waals surface area contributed by atoms with Crippen molar-refractivity contribution in [1.29, 1.82) is 0 Å². The maximum absolute atomic E-state index is 9.56. The van der Waals surface area contributed by atoms with Crippen molar-refractivity contribution >= 4 is 32.5 Å². The number of pyridine rings is 1. The molecule has 1 aromatic carbocycles. The van der Waals surface area contributed by atoms with E-state index in [-0.39, 0.29) is 6.10 Å². The van der Waals surface area contributed by atoms with Crippen LogP contribution in [0.4, 0.5) is 5.82 Å². The number of anilines is 1. The molecular formula is C15H17BrN2O. The predicted octanol–water partition coefficient (Wildman–Crippen LogP) is 3.57. The van der Waals surface area contributed by atoms with E-state index < -0.39 is 0 Å². The van der Waals surface area contributed by atoms with Crippen molar-refractivity contribution in [2.75, 3.05) is 11.9 Å². The minimum Gasteiger partial charge on any atom is -0.393 e. The fourth-order valence-electron chi connectivity index (χ4n) is 2.78. The van der Waals surface area contributed by atoms with Gasteiger partial charge in [-0.1, -0.05) is 28.1 Å². The average molecular weight is 321 g/mol. The normalized spacial score (nSPS) is 22.8. The highest BCUT2D eigenvalue weighted by Gasteiger charge is 2.22. The van der Waals surface area contributed by atoms with Crippen LogP contribution >= 0.6 is 15.9 Å². The molecule has 1 aliphatic rings. The van der Waals surface area contributed by atoms with Crippen LogP contribution in [0.1, 0.15) is 19.3 Å². The van der Waals surface area contributed by atoms with E-state index in [0.29, 0.717) is 5.92 Å². The summed E-state index contributed by atoms with van der Waals surface area (Å²) in [6.07, 6.45) is 4.66. The molecule has 2 unspecified atom stereocenters. The van der Waals surface area contributed by atoms with E-state index in [0.717, 1.165) is 41.5 Å². The molecule has 0 spiro atoms. The minimum absolute atomic E-state index is 0.110. The molecule has 1 aliphatic carbocycles. The zero-order valence-electron chi connectivity index (χ0n) is 10.6. The van der Waals surface area contributed by atoms with Gasteiger partial charge in [0.15, 0.2) is 0 Å². The van der Waals surface area contributed by atoms with Gasteiger partial charge in [0.05, 0.1) is 6.10 Å². The van der Waals surface area contributed by atoms with Crippen molar-refractivity contribution in [2.24, 2.45) is 5.92 Å². The summed E-state index contributed by atoms with van der Waals surface area (Å²) in [5, 5.41) is 15.3. The van der Waals surface area contributed by atoms with E-state index in [9.17, 15) is 5.11 Å². The zero-order chi connectivity index (χ0) is 13.2. The van der Waals surface area contributed by atoms with Crippen LogP contribution in [0, 0.1) is 5.92 Å². The van der Waals surface area contributed by atoms with Gasteiger partial charge in [-0.25, -0.2) is 4.98 Å². The van der Waals surface area contributed by atoms with Gasteiger partial charge in [-0.2, -0.15) is 0 Å². The van der Waals surface area contributed by atoms with Crippen LogP contribution < -0.4 is 5.32 Å². The molecule has 1 saturated carbocycles. The topological polar surface area (TPSA) is 45.1 Å². The number of aliphatic hydroxyl groups is 1. The second-order valence-electron chi connectivity index (χ2n) is 5.21. The van der Waals surface area contributed by atoms with Crippen LogP contribution in [-0.4, -0.2) is 22.7 Å². The molecule has 0 bridgehead atoms. The van der Waals surface area contributed by atoms with Gasteiger partial charge in [0, 0.05) is 28.0 Å². The summed E-state index contributed by atoms with van der Waals surface area (Å²) >= 11 is 3.57. The Morgan fingerprint density at radius 1 is 1.26 bits per heavy atom. The van der Waals surface area contributed by atoms with E-state index >= 15 is 0 Å². The number of hydrogen-bond donors (Lipinski definition) is 2. The highest BCUT2D eigenvalue weighted by molar-refractivity contribution is 9.10. The highest BCUT2D eigenvalue weighted by Crippen LogP contribution is 2.29. The number of fused-ring (bicyclic) bond motifs is 1. The van der Waals surface area contributed by atoms with Crippen molar-refractivity contribution in [3.63, 3.8) is 0 Å². The minimum atomic E-state index is -0.110. The Morgan fingerprint density at radius 2 is 2.16 bits per heavy atom. The lowest BCUT2D eigenvalue weighted by Crippen LogP contribution is -2.13. The molecule has 1 fully saturated rings. The van der Waals surface area contributed by atoms with E-state index in [1.54, 1.807) is 0 Å². The Balaban J connectivity index is 1.79. The maximum atomic E-state index is 9.56. The van der Waals surface area contributed by atoms with Crippen molar-refractivity contribution in [3.8, 4) is 0 Å². The van der Waals surface area contributed by atoms with E-state index in [2.05, 4.69) is 32.3 Å². The summed E-state index contributed by atoms with van der Waals surface area (Å²) in [7, 11) is 0. The molecule has 0 amide bonds. The molecule has 0 radical (unpaired) electrons. The van der Waals surface area contributed by atoms with Gasteiger partial charge in [0.1, 0.15) is 5.82 Å². The summed E-state index contributed by atoms with van der Waals surface area (Å²) in [4.78, 5) is 4.43. The Bertz CT molecular complexity index is 587. The molecule has 3 rings (SSSR count). The third-order valence-corrected chi connectivity index (χ3v) is 4.52. The third-order valence-electron chi connectivity index (χ3n) is 3.82. The number of nitrogens with zero attached hydrogens (tertiary/aromatic N) is 1. The summed E-state index contributed by atoms with van der Waals surface area (Å²) in [6, 6.07) is 8.17. The largest absolute Gasteiger partial charge is 0.393 e. The van der Waals surface area contributed by atoms with Gasteiger partial charge in [-0.05, 0) is 37.3 Å². The van der Waals surface area contributed by atoms with Crippen LogP contribution in [-0.2, 0) is 0 Å². The first-order chi connectivity index (χ1) is 9.24. The molecule has 100 valence electrons. The highest BCUT2D eigenvalue weighted by atomic mass is 79.9. The number of aliphatic hydroxyl groups excluding tert-OH is 1. The van der Waals surface area contributed by atoms with Crippen LogP contribution in [0.5, 0.6) is 0 Å². The van der Waals surface area contributed by atoms with Crippen molar-refractivity contribution < 1.29 is 5.11 Å².